The quantitative estimate of drug-likeness (QED) is 0.856. The summed E-state index contributed by atoms with van der Waals surface area (Å²) in [5, 5.41) is 10.8. The van der Waals surface area contributed by atoms with Crippen molar-refractivity contribution in [3.8, 4) is 11.5 Å². The van der Waals surface area contributed by atoms with Crippen molar-refractivity contribution >= 4 is 11.6 Å². The highest BCUT2D eigenvalue weighted by Gasteiger charge is 2.30. The number of aliphatic hydroxyl groups is 1. The molecule has 3 rings (SSSR count). The van der Waals surface area contributed by atoms with Crippen molar-refractivity contribution in [1.29, 1.82) is 0 Å². The number of nitrogens with zero attached hydrogens (tertiary/aromatic N) is 1. The second-order valence-corrected chi connectivity index (χ2v) is 6.69. The lowest BCUT2D eigenvalue weighted by Gasteiger charge is -2.36. The van der Waals surface area contributed by atoms with Crippen LogP contribution in [-0.4, -0.2) is 42.4 Å². The van der Waals surface area contributed by atoms with E-state index < -0.39 is 18.0 Å². The number of hydrogen-bond acceptors (Lipinski definition) is 4. The van der Waals surface area contributed by atoms with Gasteiger partial charge in [-0.3, -0.25) is 4.90 Å². The smallest absolute Gasteiger partial charge is 0.163 e. The number of rotatable bonds is 5. The van der Waals surface area contributed by atoms with E-state index in [-0.39, 0.29) is 11.6 Å². The summed E-state index contributed by atoms with van der Waals surface area (Å²) in [6.07, 6.45) is -0.562. The average molecular weight is 384 g/mol. The minimum Gasteiger partial charge on any atom is -0.493 e. The first kappa shape index (κ1) is 18.9. The van der Waals surface area contributed by atoms with Crippen LogP contribution in [-0.2, 0) is 6.54 Å². The highest BCUT2D eigenvalue weighted by molar-refractivity contribution is 6.31. The standard InChI is InChI=1S/C19H20ClF2NO3/c1-25-19-9-14(22)4-5-18(19)26-17-6-7-23(11-16(17)24)10-12-2-3-13(21)8-15(12)20/h2-5,8-9,16-17,24H,6-7,10-11H2,1H3/t16-,17-/m1/s1. The van der Waals surface area contributed by atoms with Crippen LogP contribution in [0.15, 0.2) is 36.4 Å². The Labute approximate surface area is 155 Å². The number of benzene rings is 2. The molecule has 1 aliphatic heterocycles. The van der Waals surface area contributed by atoms with Gasteiger partial charge in [-0.25, -0.2) is 8.78 Å². The first-order valence-corrected chi connectivity index (χ1v) is 8.68. The largest absolute Gasteiger partial charge is 0.493 e. The third-order valence-corrected chi connectivity index (χ3v) is 4.77. The number of piperidine rings is 1. The second kappa shape index (κ2) is 8.20. The molecular weight excluding hydrogens is 364 g/mol. The van der Waals surface area contributed by atoms with Gasteiger partial charge in [-0.1, -0.05) is 17.7 Å². The molecule has 4 nitrogen and oxygen atoms in total. The van der Waals surface area contributed by atoms with Crippen LogP contribution in [0.1, 0.15) is 12.0 Å². The van der Waals surface area contributed by atoms with Gasteiger partial charge in [0.05, 0.1) is 7.11 Å². The van der Waals surface area contributed by atoms with E-state index in [9.17, 15) is 13.9 Å². The van der Waals surface area contributed by atoms with Gasteiger partial charge in [-0.15, -0.1) is 0 Å². The van der Waals surface area contributed by atoms with Crippen molar-refractivity contribution in [1.82, 2.24) is 4.90 Å². The Morgan fingerprint density at radius 1 is 1.15 bits per heavy atom. The molecular formula is C19H20ClF2NO3. The molecule has 2 atom stereocenters. The van der Waals surface area contributed by atoms with Crippen molar-refractivity contribution in [3.63, 3.8) is 0 Å². The Morgan fingerprint density at radius 3 is 2.58 bits per heavy atom. The summed E-state index contributed by atoms with van der Waals surface area (Å²) in [5.74, 6) is -0.106. The van der Waals surface area contributed by atoms with Gasteiger partial charge in [-0.2, -0.15) is 0 Å². The van der Waals surface area contributed by atoms with E-state index in [1.54, 1.807) is 6.07 Å². The molecule has 0 aliphatic carbocycles. The lowest BCUT2D eigenvalue weighted by Crippen LogP contribution is -2.48. The number of halogens is 3. The SMILES string of the molecule is COc1cc(F)ccc1O[C@@H]1CCN(Cc2ccc(F)cc2Cl)C[C@H]1O. The molecule has 0 aromatic heterocycles. The molecule has 1 aliphatic rings. The molecule has 140 valence electrons. The summed E-state index contributed by atoms with van der Waals surface area (Å²) in [6, 6.07) is 8.32. The van der Waals surface area contributed by atoms with Crippen LogP contribution in [0.5, 0.6) is 11.5 Å². The van der Waals surface area contributed by atoms with E-state index in [1.165, 1.54) is 37.4 Å². The zero-order chi connectivity index (χ0) is 18.7. The number of methoxy groups -OCH3 is 1. The molecule has 1 saturated heterocycles. The van der Waals surface area contributed by atoms with Gasteiger partial charge in [0, 0.05) is 30.7 Å². The third kappa shape index (κ3) is 4.44. The Kier molecular flexibility index (Phi) is 5.96. The molecule has 0 spiro atoms. The van der Waals surface area contributed by atoms with E-state index in [2.05, 4.69) is 0 Å². The van der Waals surface area contributed by atoms with Crippen molar-refractivity contribution in [3.05, 3.63) is 58.6 Å². The van der Waals surface area contributed by atoms with Crippen LogP contribution in [0, 0.1) is 11.6 Å². The molecule has 1 heterocycles. The molecule has 0 saturated carbocycles. The molecule has 0 bridgehead atoms. The van der Waals surface area contributed by atoms with Crippen molar-refractivity contribution < 1.29 is 23.4 Å². The minimum atomic E-state index is -0.724. The van der Waals surface area contributed by atoms with Crippen LogP contribution in [0.2, 0.25) is 5.02 Å². The van der Waals surface area contributed by atoms with Gasteiger partial charge in [0.2, 0.25) is 0 Å². The molecule has 0 unspecified atom stereocenters. The average Bonchev–Trinajstić information content (AvgIpc) is 2.61. The summed E-state index contributed by atoms with van der Waals surface area (Å²) < 4.78 is 37.4. The highest BCUT2D eigenvalue weighted by Crippen LogP contribution is 2.30. The molecule has 7 heteroatoms. The summed E-state index contributed by atoms with van der Waals surface area (Å²) in [4.78, 5) is 2.03. The van der Waals surface area contributed by atoms with Crippen LogP contribution < -0.4 is 9.47 Å². The van der Waals surface area contributed by atoms with Gasteiger partial charge in [0.25, 0.3) is 0 Å². The van der Waals surface area contributed by atoms with Crippen LogP contribution >= 0.6 is 11.6 Å². The van der Waals surface area contributed by atoms with Crippen LogP contribution in [0.3, 0.4) is 0 Å². The first-order valence-electron chi connectivity index (χ1n) is 8.31. The van der Waals surface area contributed by atoms with E-state index in [0.29, 0.717) is 36.8 Å². The first-order chi connectivity index (χ1) is 12.5. The summed E-state index contributed by atoms with van der Waals surface area (Å²) in [6.45, 7) is 1.59. The van der Waals surface area contributed by atoms with Gasteiger partial charge < -0.3 is 14.6 Å². The Morgan fingerprint density at radius 2 is 1.88 bits per heavy atom. The zero-order valence-electron chi connectivity index (χ0n) is 14.3. The maximum absolute atomic E-state index is 13.3. The maximum Gasteiger partial charge on any atom is 0.163 e. The minimum absolute atomic E-state index is 0.290. The van der Waals surface area contributed by atoms with Crippen LogP contribution in [0.4, 0.5) is 8.78 Å². The highest BCUT2D eigenvalue weighted by atomic mass is 35.5. The van der Waals surface area contributed by atoms with E-state index >= 15 is 0 Å². The third-order valence-electron chi connectivity index (χ3n) is 4.42. The predicted octanol–water partition coefficient (Wildman–Crippen LogP) is 3.64. The van der Waals surface area contributed by atoms with Crippen molar-refractivity contribution in [2.45, 2.75) is 25.2 Å². The second-order valence-electron chi connectivity index (χ2n) is 6.28. The molecule has 1 N–H and O–H groups in total. The fourth-order valence-electron chi connectivity index (χ4n) is 3.05. The van der Waals surface area contributed by atoms with E-state index in [0.717, 1.165) is 5.56 Å². The molecule has 2 aromatic rings. The summed E-state index contributed by atoms with van der Waals surface area (Å²) in [7, 11) is 1.44. The zero-order valence-corrected chi connectivity index (χ0v) is 15.0. The monoisotopic (exact) mass is 383 g/mol. The fourth-order valence-corrected chi connectivity index (χ4v) is 3.28. The molecule has 0 radical (unpaired) electrons. The Hall–Kier alpha value is -1.89. The van der Waals surface area contributed by atoms with Gasteiger partial charge in [0.1, 0.15) is 23.8 Å². The summed E-state index contributed by atoms with van der Waals surface area (Å²) >= 11 is 6.07. The maximum atomic E-state index is 13.3. The van der Waals surface area contributed by atoms with Gasteiger partial charge in [0.15, 0.2) is 11.5 Å². The Bertz CT molecular complexity index is 774. The normalized spacial score (nSPS) is 20.8. The molecule has 26 heavy (non-hydrogen) atoms. The number of ether oxygens (including phenoxy) is 2. The lowest BCUT2D eigenvalue weighted by molar-refractivity contribution is -0.0283. The van der Waals surface area contributed by atoms with Crippen molar-refractivity contribution in [2.75, 3.05) is 20.2 Å². The molecule has 0 amide bonds. The fraction of sp³-hybridized carbons (Fsp3) is 0.368. The lowest BCUT2D eigenvalue weighted by atomic mass is 10.0. The Balaban J connectivity index is 1.62. The van der Waals surface area contributed by atoms with Gasteiger partial charge in [-0.05, 0) is 36.2 Å². The predicted molar refractivity (Wildman–Crippen MR) is 94.7 cm³/mol. The number of aliphatic hydroxyl groups excluding tert-OH is 1. The van der Waals surface area contributed by atoms with Crippen LogP contribution in [0.25, 0.3) is 0 Å². The molecule has 2 aromatic carbocycles. The van der Waals surface area contributed by atoms with E-state index in [4.69, 9.17) is 21.1 Å². The number of likely N-dealkylation sites (tertiary alicyclic amines) is 1. The van der Waals surface area contributed by atoms with Crippen molar-refractivity contribution in [2.24, 2.45) is 0 Å². The summed E-state index contributed by atoms with van der Waals surface area (Å²) in [5.41, 5.74) is 0.805. The molecule has 1 fully saturated rings. The van der Waals surface area contributed by atoms with Gasteiger partial charge >= 0.3 is 0 Å². The number of β-amino-alcohol motifs (C(OH)–C–C–N with tert-alkyl or cyclic N) is 1. The topological polar surface area (TPSA) is 41.9 Å². The van der Waals surface area contributed by atoms with E-state index in [1.807, 2.05) is 4.90 Å². The number of hydrogen-bond donors (Lipinski definition) is 1.